The molecule has 7 atom stereocenters. The van der Waals surface area contributed by atoms with Crippen molar-refractivity contribution in [2.45, 2.75) is 70.0 Å². The third-order valence-corrected chi connectivity index (χ3v) is 8.10. The van der Waals surface area contributed by atoms with Gasteiger partial charge >= 0.3 is 0 Å². The van der Waals surface area contributed by atoms with Gasteiger partial charge in [0.2, 0.25) is 0 Å². The van der Waals surface area contributed by atoms with Gasteiger partial charge in [0.15, 0.2) is 5.78 Å². The van der Waals surface area contributed by atoms with Gasteiger partial charge in [0.1, 0.15) is 11.7 Å². The molecule has 3 nitrogen and oxygen atoms in total. The Hall–Kier alpha value is -1.11. The average Bonchev–Trinajstić information content (AvgIpc) is 2.90. The molecule has 0 heterocycles. The van der Waals surface area contributed by atoms with Crippen LogP contribution in [0.1, 0.15) is 58.3 Å². The molecule has 0 radical (unpaired) electrons. The zero-order valence-electron chi connectivity index (χ0n) is 14.5. The lowest BCUT2D eigenvalue weighted by molar-refractivity contribution is -0.126. The number of aliphatic hydroxyl groups is 2. The van der Waals surface area contributed by atoms with E-state index in [0.29, 0.717) is 30.1 Å². The van der Waals surface area contributed by atoms with E-state index in [1.165, 1.54) is 5.57 Å². The maximum atomic E-state index is 11.8. The maximum Gasteiger partial charge on any atom is 0.184 e. The van der Waals surface area contributed by atoms with Crippen LogP contribution in [-0.4, -0.2) is 27.7 Å². The second kappa shape index (κ2) is 5.44. The topological polar surface area (TPSA) is 57.5 Å². The van der Waals surface area contributed by atoms with Crippen molar-refractivity contribution >= 4 is 5.78 Å². The predicted octanol–water partition coefficient (Wildman–Crippen LogP) is 2.85. The third-order valence-electron chi connectivity index (χ3n) is 8.10. The van der Waals surface area contributed by atoms with Crippen molar-refractivity contribution in [3.8, 4) is 12.3 Å². The van der Waals surface area contributed by atoms with Gasteiger partial charge in [-0.2, -0.15) is 0 Å². The van der Waals surface area contributed by atoms with Gasteiger partial charge in [0.25, 0.3) is 0 Å². The van der Waals surface area contributed by atoms with Crippen molar-refractivity contribution in [1.29, 1.82) is 0 Å². The highest BCUT2D eigenvalue weighted by atomic mass is 16.3. The number of ketones is 1. The highest BCUT2D eigenvalue weighted by molar-refractivity contribution is 5.95. The fourth-order valence-corrected chi connectivity index (χ4v) is 6.95. The number of fused-ring (bicyclic) bond motifs is 5. The maximum absolute atomic E-state index is 11.8. The molecule has 0 spiro atoms. The Labute approximate surface area is 144 Å². The summed E-state index contributed by atoms with van der Waals surface area (Å²) in [7, 11) is 0. The molecule has 3 saturated carbocycles. The minimum Gasteiger partial charge on any atom is -0.385 e. The summed E-state index contributed by atoms with van der Waals surface area (Å²) in [6.45, 7) is 2.18. The van der Waals surface area contributed by atoms with Crippen LogP contribution in [0.15, 0.2) is 11.6 Å². The van der Waals surface area contributed by atoms with E-state index >= 15 is 0 Å². The molecule has 3 fully saturated rings. The molecule has 4 aliphatic carbocycles. The van der Waals surface area contributed by atoms with Crippen LogP contribution in [0.2, 0.25) is 0 Å². The molecule has 0 saturated heterocycles. The summed E-state index contributed by atoms with van der Waals surface area (Å²) in [5.41, 5.74) is 0.184. The van der Waals surface area contributed by atoms with Gasteiger partial charge in [-0.1, -0.05) is 18.4 Å². The monoisotopic (exact) mass is 328 g/mol. The summed E-state index contributed by atoms with van der Waals surface area (Å²) >= 11 is 0. The Morgan fingerprint density at radius 3 is 2.79 bits per heavy atom. The lowest BCUT2D eigenvalue weighted by atomic mass is 9.49. The third kappa shape index (κ3) is 1.96. The van der Waals surface area contributed by atoms with Crippen LogP contribution in [0.25, 0.3) is 0 Å². The normalized spacial score (nSPS) is 50.3. The van der Waals surface area contributed by atoms with Crippen molar-refractivity contribution < 1.29 is 15.0 Å². The predicted molar refractivity (Wildman–Crippen MR) is 91.9 cm³/mol. The summed E-state index contributed by atoms with van der Waals surface area (Å²) in [5.74, 6) is 4.59. The fraction of sp³-hybridized carbons (Fsp3) is 0.762. The van der Waals surface area contributed by atoms with E-state index in [2.05, 4.69) is 12.8 Å². The first-order valence-corrected chi connectivity index (χ1v) is 9.58. The number of hydrogen-bond donors (Lipinski definition) is 2. The summed E-state index contributed by atoms with van der Waals surface area (Å²) in [4.78, 5) is 11.8. The van der Waals surface area contributed by atoms with Gasteiger partial charge < -0.3 is 10.2 Å². The molecule has 0 aromatic carbocycles. The molecular formula is C21H28O3. The second-order valence-electron chi connectivity index (χ2n) is 8.54. The van der Waals surface area contributed by atoms with E-state index in [1.54, 1.807) is 6.08 Å². The van der Waals surface area contributed by atoms with Crippen LogP contribution in [0.3, 0.4) is 0 Å². The van der Waals surface area contributed by atoms with E-state index in [1.807, 2.05) is 0 Å². The number of carbonyl (C=O) groups excluding carboxylic acids is 1. The second-order valence-corrected chi connectivity index (χ2v) is 8.54. The fourth-order valence-electron chi connectivity index (χ4n) is 6.95. The molecule has 0 aromatic rings. The first-order valence-electron chi connectivity index (χ1n) is 9.58. The Bertz CT molecular complexity index is 629. The minimum atomic E-state index is -0.949. The lowest BCUT2D eigenvalue weighted by Gasteiger charge is -2.56. The van der Waals surface area contributed by atoms with Crippen molar-refractivity contribution in [3.63, 3.8) is 0 Å². The number of allylic oxidation sites excluding steroid dienone is 1. The minimum absolute atomic E-state index is 0.110. The zero-order valence-corrected chi connectivity index (χ0v) is 14.5. The van der Waals surface area contributed by atoms with Crippen LogP contribution < -0.4 is 0 Å². The number of terminal acetylenes is 1. The van der Waals surface area contributed by atoms with E-state index in [-0.39, 0.29) is 11.2 Å². The van der Waals surface area contributed by atoms with Gasteiger partial charge in [-0.3, -0.25) is 4.79 Å². The Balaban J connectivity index is 1.67. The molecule has 4 aliphatic rings. The number of aliphatic hydroxyl groups excluding tert-OH is 1. The molecule has 0 amide bonds. The van der Waals surface area contributed by atoms with Crippen LogP contribution in [-0.2, 0) is 4.79 Å². The van der Waals surface area contributed by atoms with E-state index < -0.39 is 11.7 Å². The Kier molecular flexibility index (Phi) is 3.71. The molecule has 0 aliphatic heterocycles. The summed E-state index contributed by atoms with van der Waals surface area (Å²) in [5, 5.41) is 21.2. The van der Waals surface area contributed by atoms with E-state index in [0.717, 1.165) is 44.9 Å². The standard InChI is InChI=1S/C21H28O3/c1-3-20-9-7-14-15(17(20)8-10-21(20,24)4-2)6-5-13-11-18(22)19(23)12-16(13)14/h2,11,14-17,19,23-24H,3,5-10,12H2,1H3/t14-,15+,16-,17-,19+,20-,21-/m0/s1. The molecule has 0 aromatic heterocycles. The highest BCUT2D eigenvalue weighted by Gasteiger charge is 2.63. The van der Waals surface area contributed by atoms with Crippen molar-refractivity contribution in [2.75, 3.05) is 0 Å². The number of rotatable bonds is 1. The molecular weight excluding hydrogens is 300 g/mol. The Morgan fingerprint density at radius 2 is 2.08 bits per heavy atom. The Morgan fingerprint density at radius 1 is 1.29 bits per heavy atom. The molecule has 4 rings (SSSR count). The van der Waals surface area contributed by atoms with Crippen molar-refractivity contribution in [1.82, 2.24) is 0 Å². The SMILES string of the molecule is C#C[C@]1(O)CC[C@H]2[C@@H]3CCC4=CC(=O)[C@H](O)C[C@@H]4[C@H]3CC[C@@]21CC. The van der Waals surface area contributed by atoms with Gasteiger partial charge in [0, 0.05) is 5.41 Å². The van der Waals surface area contributed by atoms with Gasteiger partial charge in [-0.05, 0) is 81.1 Å². The van der Waals surface area contributed by atoms with Gasteiger partial charge in [-0.25, -0.2) is 0 Å². The molecule has 0 unspecified atom stereocenters. The van der Waals surface area contributed by atoms with Gasteiger partial charge in [-0.15, -0.1) is 6.42 Å². The first kappa shape index (κ1) is 16.4. The van der Waals surface area contributed by atoms with Crippen LogP contribution in [0.5, 0.6) is 0 Å². The molecule has 2 N–H and O–H groups in total. The van der Waals surface area contributed by atoms with Crippen molar-refractivity contribution in [3.05, 3.63) is 11.6 Å². The molecule has 3 heteroatoms. The zero-order chi connectivity index (χ0) is 17.1. The number of hydrogen-bond acceptors (Lipinski definition) is 3. The van der Waals surface area contributed by atoms with Gasteiger partial charge in [0.05, 0.1) is 0 Å². The molecule has 130 valence electrons. The summed E-state index contributed by atoms with van der Waals surface area (Å²) < 4.78 is 0. The first-order chi connectivity index (χ1) is 11.5. The van der Waals surface area contributed by atoms with Crippen LogP contribution >= 0.6 is 0 Å². The van der Waals surface area contributed by atoms with E-state index in [4.69, 9.17) is 6.42 Å². The smallest absolute Gasteiger partial charge is 0.184 e. The molecule has 0 bridgehead atoms. The average molecular weight is 328 g/mol. The van der Waals surface area contributed by atoms with Crippen molar-refractivity contribution in [2.24, 2.45) is 29.1 Å². The highest BCUT2D eigenvalue weighted by Crippen LogP contribution is 2.66. The van der Waals surface area contributed by atoms with Crippen LogP contribution in [0.4, 0.5) is 0 Å². The lowest BCUT2D eigenvalue weighted by Crippen LogP contribution is -2.53. The molecule has 24 heavy (non-hydrogen) atoms. The van der Waals surface area contributed by atoms with Crippen LogP contribution in [0, 0.1) is 41.4 Å². The largest absolute Gasteiger partial charge is 0.385 e. The number of carbonyl (C=O) groups is 1. The quantitative estimate of drug-likeness (QED) is 0.728. The summed E-state index contributed by atoms with van der Waals surface area (Å²) in [6.07, 6.45) is 14.0. The van der Waals surface area contributed by atoms with E-state index in [9.17, 15) is 15.0 Å². The summed E-state index contributed by atoms with van der Waals surface area (Å²) in [6, 6.07) is 0.